The molecule has 4 unspecified atom stereocenters. The van der Waals surface area contributed by atoms with Crippen LogP contribution in [0.5, 0.6) is 5.75 Å². The van der Waals surface area contributed by atoms with E-state index in [1.165, 1.54) is 29.6 Å². The number of nitrogens with zero attached hydrogens (tertiary/aromatic N) is 2. The Morgan fingerprint density at radius 3 is 2.55 bits per heavy atom. The Morgan fingerprint density at radius 1 is 1.18 bits per heavy atom. The molecule has 206 valence electrons. The number of carboxylic acid groups (broad SMARTS) is 1. The number of hydrogen-bond donors (Lipinski definition) is 6. The van der Waals surface area contributed by atoms with Crippen molar-refractivity contribution >= 4 is 35.5 Å². The Labute approximate surface area is 224 Å². The fourth-order valence-electron chi connectivity index (χ4n) is 4.32. The zero-order valence-corrected chi connectivity index (χ0v) is 21.9. The molecule has 0 bridgehead atoms. The Hall–Kier alpha value is -3.58. The smallest absolute Gasteiger partial charge is 0.326 e. The number of aromatic amines is 1. The van der Waals surface area contributed by atoms with E-state index in [-0.39, 0.29) is 24.5 Å². The highest BCUT2D eigenvalue weighted by Gasteiger charge is 2.38. The lowest BCUT2D eigenvalue weighted by Gasteiger charge is -2.28. The van der Waals surface area contributed by atoms with Crippen LogP contribution in [0.1, 0.15) is 30.5 Å². The number of thioether (sulfide) groups is 1. The average Bonchev–Trinajstić information content (AvgIpc) is 3.59. The van der Waals surface area contributed by atoms with Crippen LogP contribution in [-0.2, 0) is 32.0 Å². The van der Waals surface area contributed by atoms with E-state index in [1.54, 1.807) is 23.9 Å². The number of amides is 3. The van der Waals surface area contributed by atoms with Gasteiger partial charge in [0.25, 0.3) is 0 Å². The van der Waals surface area contributed by atoms with Gasteiger partial charge in [-0.3, -0.25) is 14.4 Å². The minimum atomic E-state index is -1.27. The number of nitrogens with two attached hydrogens (primary N) is 1. The number of carbonyl (C=O) groups is 4. The molecular formula is C25H34N6O6S. The zero-order valence-electron chi connectivity index (χ0n) is 21.1. The highest BCUT2D eigenvalue weighted by molar-refractivity contribution is 7.98. The summed E-state index contributed by atoms with van der Waals surface area (Å²) in [5, 5.41) is 24.4. The lowest BCUT2D eigenvalue weighted by molar-refractivity contribution is -0.143. The first kappa shape index (κ1) is 29.0. The predicted octanol–water partition coefficient (Wildman–Crippen LogP) is 0.0261. The van der Waals surface area contributed by atoms with Crippen molar-refractivity contribution in [3.8, 4) is 5.75 Å². The second-order valence-electron chi connectivity index (χ2n) is 9.19. The molecule has 1 aliphatic heterocycles. The number of likely N-dealkylation sites (tertiary alicyclic amines) is 1. The summed E-state index contributed by atoms with van der Waals surface area (Å²) in [6, 6.07) is 2.12. The number of aliphatic carboxylic acids is 1. The van der Waals surface area contributed by atoms with Crippen molar-refractivity contribution in [2.45, 2.75) is 56.3 Å². The maximum absolute atomic E-state index is 13.3. The van der Waals surface area contributed by atoms with Crippen molar-refractivity contribution in [2.24, 2.45) is 5.73 Å². The Balaban J connectivity index is 1.72. The summed E-state index contributed by atoms with van der Waals surface area (Å²) >= 11 is 1.58. The van der Waals surface area contributed by atoms with E-state index in [9.17, 15) is 29.4 Å². The molecule has 1 aliphatic rings. The van der Waals surface area contributed by atoms with Gasteiger partial charge in [0, 0.05) is 31.3 Å². The number of carboxylic acids is 1. The number of phenolic OH excluding ortho intramolecular Hbond substituents is 1. The fourth-order valence-corrected chi connectivity index (χ4v) is 4.81. The number of benzene rings is 1. The minimum absolute atomic E-state index is 0.0229. The van der Waals surface area contributed by atoms with Gasteiger partial charge in [0.1, 0.15) is 23.9 Å². The Kier molecular flexibility index (Phi) is 10.5. The quantitative estimate of drug-likeness (QED) is 0.201. The van der Waals surface area contributed by atoms with Crippen molar-refractivity contribution in [2.75, 3.05) is 18.6 Å². The summed E-state index contributed by atoms with van der Waals surface area (Å²) in [5.41, 5.74) is 7.22. The summed E-state index contributed by atoms with van der Waals surface area (Å²) in [5.74, 6) is -1.98. The second-order valence-corrected chi connectivity index (χ2v) is 10.2. The third-order valence-electron chi connectivity index (χ3n) is 6.39. The first-order valence-electron chi connectivity index (χ1n) is 12.3. The van der Waals surface area contributed by atoms with Crippen molar-refractivity contribution in [1.29, 1.82) is 0 Å². The molecule has 0 aliphatic carbocycles. The summed E-state index contributed by atoms with van der Waals surface area (Å²) in [7, 11) is 0. The van der Waals surface area contributed by atoms with E-state index >= 15 is 0 Å². The second kappa shape index (κ2) is 13.8. The monoisotopic (exact) mass is 546 g/mol. The third kappa shape index (κ3) is 7.96. The normalized spacial score (nSPS) is 17.4. The molecular weight excluding hydrogens is 512 g/mol. The largest absolute Gasteiger partial charge is 0.508 e. The Bertz CT molecular complexity index is 1100. The van der Waals surface area contributed by atoms with Crippen molar-refractivity contribution < 1.29 is 29.4 Å². The topological polar surface area (TPSA) is 191 Å². The molecule has 1 aromatic carbocycles. The molecule has 0 saturated carbocycles. The first-order valence-corrected chi connectivity index (χ1v) is 13.7. The number of hydrogen-bond acceptors (Lipinski definition) is 8. The molecule has 3 amide bonds. The van der Waals surface area contributed by atoms with Gasteiger partial charge in [-0.1, -0.05) is 12.1 Å². The molecule has 0 spiro atoms. The van der Waals surface area contributed by atoms with Crippen LogP contribution in [0.3, 0.4) is 0 Å². The molecule has 1 aromatic heterocycles. The van der Waals surface area contributed by atoms with Gasteiger partial charge in [-0.2, -0.15) is 11.8 Å². The van der Waals surface area contributed by atoms with Gasteiger partial charge in [-0.15, -0.1) is 0 Å². The number of nitrogens with one attached hydrogen (secondary N) is 3. The van der Waals surface area contributed by atoms with Gasteiger partial charge in [0.05, 0.1) is 12.4 Å². The lowest BCUT2D eigenvalue weighted by atomic mass is 10.0. The lowest BCUT2D eigenvalue weighted by Crippen LogP contribution is -2.57. The minimum Gasteiger partial charge on any atom is -0.508 e. The summed E-state index contributed by atoms with van der Waals surface area (Å²) < 4.78 is 0. The molecule has 2 aromatic rings. The SMILES string of the molecule is CSCCC(N)C(=O)N1CCCC1C(=O)NC(Cc1cnc[nH]1)C(=O)NC(Cc1ccc(O)cc1)C(=O)O. The summed E-state index contributed by atoms with van der Waals surface area (Å²) in [4.78, 5) is 59.6. The summed E-state index contributed by atoms with van der Waals surface area (Å²) in [6.07, 6.45) is 6.44. The maximum atomic E-state index is 13.3. The first-order chi connectivity index (χ1) is 18.2. The van der Waals surface area contributed by atoms with E-state index < -0.39 is 42.0 Å². The van der Waals surface area contributed by atoms with E-state index in [0.29, 0.717) is 37.1 Å². The van der Waals surface area contributed by atoms with Gasteiger partial charge in [0.2, 0.25) is 17.7 Å². The van der Waals surface area contributed by atoms with Gasteiger partial charge in [0.15, 0.2) is 0 Å². The van der Waals surface area contributed by atoms with Gasteiger partial charge >= 0.3 is 5.97 Å². The van der Waals surface area contributed by atoms with Crippen LogP contribution in [0.15, 0.2) is 36.8 Å². The number of imidazole rings is 1. The average molecular weight is 547 g/mol. The van der Waals surface area contributed by atoms with E-state index in [4.69, 9.17) is 5.73 Å². The predicted molar refractivity (Wildman–Crippen MR) is 141 cm³/mol. The molecule has 1 fully saturated rings. The summed E-state index contributed by atoms with van der Waals surface area (Å²) in [6.45, 7) is 0.398. The number of aromatic hydroxyl groups is 1. The van der Waals surface area contributed by atoms with Crippen molar-refractivity contribution in [3.05, 3.63) is 48.0 Å². The van der Waals surface area contributed by atoms with Crippen LogP contribution < -0.4 is 16.4 Å². The van der Waals surface area contributed by atoms with E-state index in [2.05, 4.69) is 20.6 Å². The van der Waals surface area contributed by atoms with Gasteiger partial charge < -0.3 is 36.5 Å². The van der Waals surface area contributed by atoms with Gasteiger partial charge in [-0.25, -0.2) is 9.78 Å². The van der Waals surface area contributed by atoms with Crippen LogP contribution in [0.4, 0.5) is 0 Å². The van der Waals surface area contributed by atoms with Gasteiger partial charge in [-0.05, 0) is 49.0 Å². The van der Waals surface area contributed by atoms with Crippen LogP contribution >= 0.6 is 11.8 Å². The zero-order chi connectivity index (χ0) is 27.7. The fraction of sp³-hybridized carbons (Fsp3) is 0.480. The van der Waals surface area contributed by atoms with Crippen molar-refractivity contribution in [3.63, 3.8) is 0 Å². The van der Waals surface area contributed by atoms with E-state index in [0.717, 1.165) is 5.75 Å². The van der Waals surface area contributed by atoms with Crippen molar-refractivity contribution in [1.82, 2.24) is 25.5 Å². The van der Waals surface area contributed by atoms with Crippen LogP contribution in [0.2, 0.25) is 0 Å². The molecule has 0 radical (unpaired) electrons. The van der Waals surface area contributed by atoms with E-state index in [1.807, 2.05) is 6.26 Å². The number of H-pyrrole nitrogens is 1. The molecule has 1 saturated heterocycles. The highest BCUT2D eigenvalue weighted by atomic mass is 32.2. The van der Waals surface area contributed by atoms with Crippen LogP contribution in [-0.4, -0.2) is 91.5 Å². The molecule has 7 N–H and O–H groups in total. The Morgan fingerprint density at radius 2 is 1.92 bits per heavy atom. The molecule has 12 nitrogen and oxygen atoms in total. The molecule has 38 heavy (non-hydrogen) atoms. The standard InChI is InChI=1S/C25H34N6O6S/c1-38-10-8-18(26)24(35)31-9-2-3-21(31)23(34)29-19(12-16-13-27-14-28-16)22(33)30-20(25(36)37)11-15-4-6-17(32)7-5-15/h4-7,13-14,18-21,32H,2-3,8-12,26H2,1H3,(H,27,28)(H,29,34)(H,30,33)(H,36,37). The number of carbonyl (C=O) groups excluding carboxylic acids is 3. The van der Waals surface area contributed by atoms with Crippen LogP contribution in [0, 0.1) is 0 Å². The molecule has 2 heterocycles. The molecule has 3 rings (SSSR count). The molecule has 13 heteroatoms. The maximum Gasteiger partial charge on any atom is 0.326 e. The highest BCUT2D eigenvalue weighted by Crippen LogP contribution is 2.20. The number of rotatable bonds is 13. The van der Waals surface area contributed by atoms with Crippen LogP contribution in [0.25, 0.3) is 0 Å². The number of aromatic nitrogens is 2. The molecule has 4 atom stereocenters. The number of phenols is 1. The third-order valence-corrected chi connectivity index (χ3v) is 7.04.